The van der Waals surface area contributed by atoms with Gasteiger partial charge in [-0.25, -0.2) is 0 Å². The highest BCUT2D eigenvalue weighted by Gasteiger charge is 2.38. The number of Topliss-reactive ketones (excluding diaryl/α,β-unsaturated/α-hetero) is 1. The van der Waals surface area contributed by atoms with Gasteiger partial charge in [-0.15, -0.1) is 11.8 Å². The van der Waals surface area contributed by atoms with E-state index in [4.69, 9.17) is 0 Å². The second kappa shape index (κ2) is 12.5. The Balaban J connectivity index is 2.59. The first-order chi connectivity index (χ1) is 14.1. The predicted octanol–water partition coefficient (Wildman–Crippen LogP) is 3.96. The molecular formula is C25H37NO4. The van der Waals surface area contributed by atoms with Crippen LogP contribution in [-0.4, -0.2) is 28.8 Å². The molecule has 1 saturated carbocycles. The number of ketones is 1. The zero-order valence-electron chi connectivity index (χ0n) is 19.0. The monoisotopic (exact) mass is 415 g/mol. The molecule has 2 amide bonds. The van der Waals surface area contributed by atoms with Gasteiger partial charge in [0.1, 0.15) is 5.78 Å². The summed E-state index contributed by atoms with van der Waals surface area (Å²) in [5, 5.41) is 12.8. The molecule has 0 aliphatic heterocycles. The Kier molecular flexibility index (Phi) is 10.8. The highest BCUT2D eigenvalue weighted by atomic mass is 16.3. The van der Waals surface area contributed by atoms with Crippen molar-refractivity contribution < 1.29 is 19.5 Å². The Hall–Kier alpha value is -2.19. The van der Waals surface area contributed by atoms with Crippen LogP contribution in [0.25, 0.3) is 0 Å². The summed E-state index contributed by atoms with van der Waals surface area (Å²) in [6.07, 6.45) is 10.8. The first-order valence-corrected chi connectivity index (χ1v) is 10.8. The first-order valence-electron chi connectivity index (χ1n) is 10.8. The molecule has 5 nitrogen and oxygen atoms in total. The molecule has 1 aliphatic rings. The number of amides is 2. The number of hydrogen-bond acceptors (Lipinski definition) is 4. The molecule has 5 heteroatoms. The van der Waals surface area contributed by atoms with E-state index in [9.17, 15) is 19.5 Å². The molecule has 0 unspecified atom stereocenters. The third kappa shape index (κ3) is 8.67. The van der Waals surface area contributed by atoms with Crippen LogP contribution in [0.1, 0.15) is 73.1 Å². The van der Waals surface area contributed by atoms with Crippen molar-refractivity contribution in [2.45, 2.75) is 79.2 Å². The average Bonchev–Trinajstić information content (AvgIpc) is 2.92. The molecule has 4 atom stereocenters. The van der Waals surface area contributed by atoms with E-state index in [0.717, 1.165) is 6.42 Å². The lowest BCUT2D eigenvalue weighted by Crippen LogP contribution is -2.27. The third-order valence-electron chi connectivity index (χ3n) is 5.74. The summed E-state index contributed by atoms with van der Waals surface area (Å²) in [6.45, 7) is 9.19. The maximum absolute atomic E-state index is 12.5. The number of hydrogen-bond donors (Lipinski definition) is 2. The van der Waals surface area contributed by atoms with Gasteiger partial charge in [-0.2, -0.15) is 0 Å². The Morgan fingerprint density at radius 3 is 2.67 bits per heavy atom. The summed E-state index contributed by atoms with van der Waals surface area (Å²) in [4.78, 5) is 34.7. The molecule has 0 saturated heterocycles. The number of nitrogens with one attached hydrogen (secondary N) is 1. The lowest BCUT2D eigenvalue weighted by Gasteiger charge is -2.27. The highest BCUT2D eigenvalue weighted by molar-refractivity contribution is 5.93. The van der Waals surface area contributed by atoms with Crippen LogP contribution in [0, 0.1) is 35.0 Å². The van der Waals surface area contributed by atoms with E-state index in [1.807, 2.05) is 38.2 Å². The molecule has 1 rings (SSSR count). The van der Waals surface area contributed by atoms with Gasteiger partial charge >= 0.3 is 0 Å². The molecule has 1 fully saturated rings. The topological polar surface area (TPSA) is 83.5 Å². The molecule has 0 bridgehead atoms. The minimum atomic E-state index is -0.612. The summed E-state index contributed by atoms with van der Waals surface area (Å²) in [7, 11) is 0. The van der Waals surface area contributed by atoms with Crippen LogP contribution in [0.5, 0.6) is 0 Å². The molecule has 166 valence electrons. The van der Waals surface area contributed by atoms with Crippen LogP contribution >= 0.6 is 0 Å². The summed E-state index contributed by atoms with van der Waals surface area (Å²) < 4.78 is 0. The van der Waals surface area contributed by atoms with Crippen LogP contribution in [0.4, 0.5) is 0 Å². The van der Waals surface area contributed by atoms with Crippen molar-refractivity contribution in [1.29, 1.82) is 0 Å². The van der Waals surface area contributed by atoms with Crippen molar-refractivity contribution in [3.63, 3.8) is 0 Å². The third-order valence-corrected chi connectivity index (χ3v) is 5.74. The standard InChI is InChI=1S/C25H37NO4/c1-6-7-16-25(4,5)23(29)15-14-20-18(2)17-22(28)21(20)12-10-8-9-11-13-24(30)26-19(3)27/h8,10,14-15,18,20-21,23,29H,9,11-13,16-17H2,1-5H3,(H,26,27,30)/b10-8-,15-14+/t18-,20+,21-,23-/m1/s1. The van der Waals surface area contributed by atoms with Crippen molar-refractivity contribution in [3.05, 3.63) is 24.3 Å². The van der Waals surface area contributed by atoms with Crippen molar-refractivity contribution in [2.75, 3.05) is 0 Å². The molecular weight excluding hydrogens is 378 g/mol. The summed E-state index contributed by atoms with van der Waals surface area (Å²) in [5.74, 6) is 5.89. The fourth-order valence-electron chi connectivity index (χ4n) is 3.74. The lowest BCUT2D eigenvalue weighted by atomic mass is 9.81. The number of carbonyl (C=O) groups is 3. The van der Waals surface area contributed by atoms with Crippen molar-refractivity contribution in [1.82, 2.24) is 5.32 Å². The Morgan fingerprint density at radius 1 is 1.33 bits per heavy atom. The van der Waals surface area contributed by atoms with Crippen LogP contribution in [0.15, 0.2) is 24.3 Å². The SMILES string of the molecule is CC#CCC(C)(C)[C@H](O)/C=C/[C@H]1[C@H](C)CC(=O)[C@@H]1C/C=C\CCCC(=O)NC(C)=O. The molecule has 0 heterocycles. The number of carbonyl (C=O) groups excluding carboxylic acids is 3. The predicted molar refractivity (Wildman–Crippen MR) is 119 cm³/mol. The number of aliphatic hydroxyl groups excluding tert-OH is 1. The van der Waals surface area contributed by atoms with Crippen LogP contribution < -0.4 is 5.32 Å². The molecule has 2 N–H and O–H groups in total. The van der Waals surface area contributed by atoms with E-state index in [0.29, 0.717) is 32.1 Å². The number of aliphatic hydroxyl groups is 1. The van der Waals surface area contributed by atoms with Crippen molar-refractivity contribution >= 4 is 17.6 Å². The van der Waals surface area contributed by atoms with E-state index in [-0.39, 0.29) is 40.8 Å². The minimum absolute atomic E-state index is 0.0701. The van der Waals surface area contributed by atoms with E-state index in [1.54, 1.807) is 6.92 Å². The van der Waals surface area contributed by atoms with Gasteiger partial charge in [0.15, 0.2) is 0 Å². The maximum atomic E-state index is 12.5. The lowest BCUT2D eigenvalue weighted by molar-refractivity contribution is -0.129. The summed E-state index contributed by atoms with van der Waals surface area (Å²) >= 11 is 0. The van der Waals surface area contributed by atoms with Gasteiger partial charge in [-0.3, -0.25) is 19.7 Å². The number of rotatable bonds is 10. The van der Waals surface area contributed by atoms with Gasteiger partial charge in [-0.05, 0) is 38.0 Å². The number of imide groups is 1. The second-order valence-corrected chi connectivity index (χ2v) is 8.96. The Bertz CT molecular complexity index is 723. The first kappa shape index (κ1) is 25.8. The van der Waals surface area contributed by atoms with E-state index in [1.165, 1.54) is 6.92 Å². The Labute approximate surface area is 181 Å². The van der Waals surface area contributed by atoms with Gasteiger partial charge in [-0.1, -0.05) is 45.1 Å². The quantitative estimate of drug-likeness (QED) is 0.321. The molecule has 0 aromatic carbocycles. The largest absolute Gasteiger partial charge is 0.388 e. The van der Waals surface area contributed by atoms with E-state index >= 15 is 0 Å². The van der Waals surface area contributed by atoms with Crippen LogP contribution in [0.3, 0.4) is 0 Å². The van der Waals surface area contributed by atoms with Gasteiger partial charge in [0.05, 0.1) is 6.10 Å². The average molecular weight is 416 g/mol. The second-order valence-electron chi connectivity index (χ2n) is 8.96. The highest BCUT2D eigenvalue weighted by Crippen LogP contribution is 2.38. The molecule has 1 aliphatic carbocycles. The normalized spacial score (nSPS) is 22.9. The summed E-state index contributed by atoms with van der Waals surface area (Å²) in [5.41, 5.74) is -0.338. The van der Waals surface area contributed by atoms with Gasteiger partial charge in [0.25, 0.3) is 0 Å². The van der Waals surface area contributed by atoms with E-state index < -0.39 is 6.10 Å². The molecule has 0 aromatic heterocycles. The fraction of sp³-hybridized carbons (Fsp3) is 0.640. The van der Waals surface area contributed by atoms with Crippen LogP contribution in [-0.2, 0) is 14.4 Å². The van der Waals surface area contributed by atoms with E-state index in [2.05, 4.69) is 24.1 Å². The minimum Gasteiger partial charge on any atom is -0.388 e. The number of allylic oxidation sites excluding steroid dienone is 3. The fourth-order valence-corrected chi connectivity index (χ4v) is 3.74. The zero-order valence-corrected chi connectivity index (χ0v) is 19.0. The zero-order chi connectivity index (χ0) is 22.7. The molecule has 0 aromatic rings. The molecule has 0 radical (unpaired) electrons. The van der Waals surface area contributed by atoms with Gasteiger partial charge in [0.2, 0.25) is 11.8 Å². The number of unbranched alkanes of at least 4 members (excludes halogenated alkanes) is 1. The molecule has 0 spiro atoms. The van der Waals surface area contributed by atoms with Crippen molar-refractivity contribution in [3.8, 4) is 11.8 Å². The van der Waals surface area contributed by atoms with Gasteiger partial charge in [0, 0.05) is 37.5 Å². The molecule has 30 heavy (non-hydrogen) atoms. The smallest absolute Gasteiger partial charge is 0.226 e. The maximum Gasteiger partial charge on any atom is 0.226 e. The van der Waals surface area contributed by atoms with Crippen LogP contribution in [0.2, 0.25) is 0 Å². The Morgan fingerprint density at radius 2 is 2.03 bits per heavy atom. The van der Waals surface area contributed by atoms with Crippen molar-refractivity contribution in [2.24, 2.45) is 23.2 Å². The summed E-state index contributed by atoms with van der Waals surface area (Å²) in [6, 6.07) is 0. The van der Waals surface area contributed by atoms with Gasteiger partial charge < -0.3 is 5.11 Å².